The van der Waals surface area contributed by atoms with E-state index in [0.29, 0.717) is 0 Å². The van der Waals surface area contributed by atoms with E-state index in [1.165, 1.54) is 19.3 Å². The predicted octanol–water partition coefficient (Wildman–Crippen LogP) is 13.3. The van der Waals surface area contributed by atoms with Gasteiger partial charge in [0.2, 0.25) is 0 Å². The van der Waals surface area contributed by atoms with Gasteiger partial charge in [-0.05, 0) is 179 Å². The van der Waals surface area contributed by atoms with Crippen LogP contribution < -0.4 is 0 Å². The van der Waals surface area contributed by atoms with Crippen LogP contribution in [-0.4, -0.2) is 23.0 Å². The highest BCUT2D eigenvalue weighted by Gasteiger charge is 2.58. The molecule has 10 aliphatic rings. The Morgan fingerprint density at radius 2 is 0.612 bits per heavy atom. The van der Waals surface area contributed by atoms with Crippen molar-refractivity contribution in [1.82, 2.24) is 4.90 Å². The standard InChI is InChI=1S/C48H79N/c1-2-10-32(11-3-1)34-18-21-42(22-19-34)49(43-23-20-33-12-4-5-15-37(33)30-43)44-24-25-46-39(31-44)29-41-28-38-16-8-9-17-45(38)47(48(41)46)40-26-35-13-6-7-14-36(35)27-40/h32-48H,1-31H2. The SMILES string of the molecule is C1CCC(C2CCC(N(C3CCC4CCCCC4C3)C3CCC4C(CC5CC6CCCCC6C(C6CC7CCCCC7C6)C54)C3)CC2)CC1. The van der Waals surface area contributed by atoms with Crippen LogP contribution in [0.3, 0.4) is 0 Å². The van der Waals surface area contributed by atoms with Crippen molar-refractivity contribution in [2.45, 2.75) is 217 Å². The molecule has 0 amide bonds. The minimum atomic E-state index is 0.938. The van der Waals surface area contributed by atoms with Crippen LogP contribution in [0.4, 0.5) is 0 Å². The van der Waals surface area contributed by atoms with Crippen LogP contribution in [0.15, 0.2) is 0 Å². The summed E-state index contributed by atoms with van der Waals surface area (Å²) in [7, 11) is 0. The average Bonchev–Trinajstić information content (AvgIpc) is 3.75. The third-order valence-corrected chi connectivity index (χ3v) is 19.8. The van der Waals surface area contributed by atoms with Crippen molar-refractivity contribution >= 4 is 0 Å². The summed E-state index contributed by atoms with van der Waals surface area (Å²) in [5, 5.41) is 0. The Morgan fingerprint density at radius 3 is 1.27 bits per heavy atom. The van der Waals surface area contributed by atoms with Gasteiger partial charge in [0.05, 0.1) is 0 Å². The van der Waals surface area contributed by atoms with E-state index in [4.69, 9.17) is 0 Å². The van der Waals surface area contributed by atoms with Gasteiger partial charge in [-0.15, -0.1) is 0 Å². The lowest BCUT2D eigenvalue weighted by atomic mass is 9.53. The normalized spacial score (nSPS) is 52.1. The maximum atomic E-state index is 3.42. The molecule has 0 bridgehead atoms. The van der Waals surface area contributed by atoms with Crippen LogP contribution in [0.5, 0.6) is 0 Å². The first-order valence-corrected chi connectivity index (χ1v) is 24.0. The molecule has 0 radical (unpaired) electrons. The van der Waals surface area contributed by atoms with Crippen LogP contribution in [0.2, 0.25) is 0 Å². The Hall–Kier alpha value is -0.0400. The highest BCUT2D eigenvalue weighted by Crippen LogP contribution is 2.65. The van der Waals surface area contributed by atoms with Gasteiger partial charge >= 0.3 is 0 Å². The van der Waals surface area contributed by atoms with Crippen molar-refractivity contribution in [2.24, 2.45) is 82.9 Å². The first-order chi connectivity index (χ1) is 24.3. The zero-order valence-corrected chi connectivity index (χ0v) is 32.2. The summed E-state index contributed by atoms with van der Waals surface area (Å²) in [6, 6.07) is 2.82. The first-order valence-electron chi connectivity index (χ1n) is 24.0. The predicted molar refractivity (Wildman–Crippen MR) is 205 cm³/mol. The van der Waals surface area contributed by atoms with Crippen LogP contribution in [0.25, 0.3) is 0 Å². The van der Waals surface area contributed by atoms with Crippen molar-refractivity contribution in [3.63, 3.8) is 0 Å². The van der Waals surface area contributed by atoms with Gasteiger partial charge in [-0.1, -0.05) is 103 Å². The number of hydrogen-bond donors (Lipinski definition) is 0. The third-order valence-electron chi connectivity index (χ3n) is 19.8. The van der Waals surface area contributed by atoms with E-state index >= 15 is 0 Å². The fourth-order valence-electron chi connectivity index (χ4n) is 18.0. The van der Waals surface area contributed by atoms with Gasteiger partial charge in [-0.25, -0.2) is 0 Å². The molecule has 10 rings (SSSR count). The van der Waals surface area contributed by atoms with E-state index in [9.17, 15) is 0 Å². The third kappa shape index (κ3) is 6.49. The molecule has 10 saturated carbocycles. The van der Waals surface area contributed by atoms with Crippen LogP contribution in [0.1, 0.15) is 199 Å². The monoisotopic (exact) mass is 670 g/mol. The Morgan fingerprint density at radius 1 is 0.224 bits per heavy atom. The molecule has 0 aromatic carbocycles. The molecule has 0 heterocycles. The van der Waals surface area contributed by atoms with Crippen molar-refractivity contribution in [3.8, 4) is 0 Å². The number of hydrogen-bond acceptors (Lipinski definition) is 1. The van der Waals surface area contributed by atoms with Crippen LogP contribution in [-0.2, 0) is 0 Å². The molecule has 49 heavy (non-hydrogen) atoms. The lowest BCUT2D eigenvalue weighted by Crippen LogP contribution is -2.55. The summed E-state index contributed by atoms with van der Waals surface area (Å²) >= 11 is 0. The van der Waals surface area contributed by atoms with Crippen molar-refractivity contribution < 1.29 is 0 Å². The second kappa shape index (κ2) is 14.7. The van der Waals surface area contributed by atoms with Gasteiger partial charge in [0.1, 0.15) is 0 Å². The zero-order chi connectivity index (χ0) is 32.3. The quantitative estimate of drug-likeness (QED) is 0.282. The summed E-state index contributed by atoms with van der Waals surface area (Å²) in [5.74, 6) is 15.6. The molecule has 13 atom stereocenters. The van der Waals surface area contributed by atoms with E-state index in [0.717, 1.165) is 101 Å². The highest BCUT2D eigenvalue weighted by molar-refractivity contribution is 5.08. The molecule has 1 nitrogen and oxygen atoms in total. The summed E-state index contributed by atoms with van der Waals surface area (Å²) < 4.78 is 0. The van der Waals surface area contributed by atoms with E-state index < -0.39 is 0 Å². The Labute approximate surface area is 304 Å². The highest BCUT2D eigenvalue weighted by atomic mass is 15.2. The molecule has 10 fully saturated rings. The molecule has 0 saturated heterocycles. The minimum absolute atomic E-state index is 0.938. The Balaban J connectivity index is 0.877. The minimum Gasteiger partial charge on any atom is -0.294 e. The molecule has 0 aliphatic heterocycles. The second-order valence-corrected chi connectivity index (χ2v) is 21.7. The van der Waals surface area contributed by atoms with Gasteiger partial charge in [0.15, 0.2) is 0 Å². The molecular formula is C48H79N. The Bertz CT molecular complexity index is 1070. The van der Waals surface area contributed by atoms with Gasteiger partial charge in [-0.2, -0.15) is 0 Å². The smallest absolute Gasteiger partial charge is 0.0104 e. The molecule has 1 heteroatoms. The maximum absolute atomic E-state index is 3.42. The second-order valence-electron chi connectivity index (χ2n) is 21.7. The van der Waals surface area contributed by atoms with Crippen LogP contribution in [0, 0.1) is 82.9 Å². The van der Waals surface area contributed by atoms with E-state index in [-0.39, 0.29) is 0 Å². The van der Waals surface area contributed by atoms with Crippen molar-refractivity contribution in [1.29, 1.82) is 0 Å². The summed E-state index contributed by atoms with van der Waals surface area (Å²) in [6.07, 6.45) is 49.3. The molecule has 276 valence electrons. The fraction of sp³-hybridized carbons (Fsp3) is 1.00. The number of fused-ring (bicyclic) bond motifs is 6. The summed E-state index contributed by atoms with van der Waals surface area (Å²) in [5.41, 5.74) is 0. The molecule has 0 N–H and O–H groups in total. The molecule has 0 spiro atoms. The number of nitrogens with zero attached hydrogens (tertiary/aromatic N) is 1. The fourth-order valence-corrected chi connectivity index (χ4v) is 18.0. The van der Waals surface area contributed by atoms with Crippen molar-refractivity contribution in [3.05, 3.63) is 0 Å². The maximum Gasteiger partial charge on any atom is 0.0104 e. The molecular weight excluding hydrogens is 591 g/mol. The lowest BCUT2D eigenvalue weighted by molar-refractivity contribution is -0.0476. The largest absolute Gasteiger partial charge is 0.294 e. The van der Waals surface area contributed by atoms with Crippen LogP contribution >= 0.6 is 0 Å². The van der Waals surface area contributed by atoms with Gasteiger partial charge in [0, 0.05) is 18.1 Å². The topological polar surface area (TPSA) is 3.24 Å². The molecule has 13 unspecified atom stereocenters. The van der Waals surface area contributed by atoms with Crippen molar-refractivity contribution in [2.75, 3.05) is 0 Å². The van der Waals surface area contributed by atoms with E-state index in [1.54, 1.807) is 180 Å². The van der Waals surface area contributed by atoms with Gasteiger partial charge in [-0.3, -0.25) is 4.90 Å². The molecule has 10 aliphatic carbocycles. The first kappa shape index (κ1) is 33.5. The average molecular weight is 670 g/mol. The van der Waals surface area contributed by atoms with E-state index in [2.05, 4.69) is 4.90 Å². The Kier molecular flexibility index (Phi) is 10.0. The zero-order valence-electron chi connectivity index (χ0n) is 32.2. The summed E-state index contributed by atoms with van der Waals surface area (Å²) in [4.78, 5) is 3.42. The summed E-state index contributed by atoms with van der Waals surface area (Å²) in [6.45, 7) is 0. The van der Waals surface area contributed by atoms with Gasteiger partial charge in [0.25, 0.3) is 0 Å². The van der Waals surface area contributed by atoms with Gasteiger partial charge < -0.3 is 0 Å². The molecule has 0 aromatic rings. The lowest BCUT2D eigenvalue weighted by Gasteiger charge is -2.54. The number of rotatable bonds is 5. The molecule has 0 aromatic heterocycles. The van der Waals surface area contributed by atoms with E-state index in [1.807, 2.05) is 0 Å².